The van der Waals surface area contributed by atoms with E-state index in [1.54, 1.807) is 24.3 Å². The molecule has 2 fully saturated rings. The molecular weight excluding hydrogens is 601 g/mol. The highest BCUT2D eigenvalue weighted by atomic mass is 19.4. The van der Waals surface area contributed by atoms with E-state index >= 15 is 0 Å². The summed E-state index contributed by atoms with van der Waals surface area (Å²) in [6.45, 7) is 4.81. The van der Waals surface area contributed by atoms with Crippen molar-refractivity contribution in [2.75, 3.05) is 19.6 Å². The lowest BCUT2D eigenvalue weighted by Gasteiger charge is -2.36. The Morgan fingerprint density at radius 3 is 2.15 bits per heavy atom. The van der Waals surface area contributed by atoms with Crippen LogP contribution < -0.4 is 5.32 Å². The number of piperidine rings is 1. The van der Waals surface area contributed by atoms with Gasteiger partial charge in [0.25, 0.3) is 5.91 Å². The van der Waals surface area contributed by atoms with Crippen molar-refractivity contribution in [3.05, 3.63) is 95.6 Å². The fraction of sp³-hybridized carbons (Fsp3) is 0.487. The Kier molecular flexibility index (Phi) is 11.8. The summed E-state index contributed by atoms with van der Waals surface area (Å²) < 4.78 is 45.1. The quantitative estimate of drug-likeness (QED) is 0.199. The molecule has 1 aliphatic heterocycles. The first-order chi connectivity index (χ1) is 22.7. The molecule has 5 rings (SSSR count). The summed E-state index contributed by atoms with van der Waals surface area (Å²) in [5.74, 6) is -0.297. The number of alkyl halides is 3. The second kappa shape index (κ2) is 16.0. The summed E-state index contributed by atoms with van der Waals surface area (Å²) in [4.78, 5) is 29.0. The molecule has 3 aromatic carbocycles. The molecule has 1 atom stereocenters. The number of hydrogen-bond acceptors (Lipinski definition) is 4. The average Bonchev–Trinajstić information content (AvgIpc) is 3.09. The molecule has 1 aliphatic carbocycles. The maximum absolute atomic E-state index is 13.3. The molecule has 47 heavy (non-hydrogen) atoms. The van der Waals surface area contributed by atoms with E-state index in [0.29, 0.717) is 23.1 Å². The lowest BCUT2D eigenvalue weighted by molar-refractivity contribution is -0.152. The lowest BCUT2D eigenvalue weighted by atomic mass is 9.72. The molecule has 1 unspecified atom stereocenters. The minimum atomic E-state index is -4.41. The van der Waals surface area contributed by atoms with E-state index in [9.17, 15) is 22.8 Å². The lowest BCUT2D eigenvalue weighted by Crippen LogP contribution is -2.45. The topological polar surface area (TPSA) is 58.6 Å². The van der Waals surface area contributed by atoms with Crippen LogP contribution >= 0.6 is 0 Å². The van der Waals surface area contributed by atoms with Gasteiger partial charge in [0.05, 0.1) is 12.0 Å². The van der Waals surface area contributed by atoms with E-state index < -0.39 is 11.7 Å². The third kappa shape index (κ3) is 9.25. The molecular formula is C39H47F3N2O3. The van der Waals surface area contributed by atoms with Crippen LogP contribution in [0.2, 0.25) is 0 Å². The Morgan fingerprint density at radius 1 is 0.830 bits per heavy atom. The maximum atomic E-state index is 13.3. The maximum Gasteiger partial charge on any atom is 0.416 e. The molecule has 0 aromatic heterocycles. The van der Waals surface area contributed by atoms with Gasteiger partial charge in [-0.05, 0) is 99.2 Å². The van der Waals surface area contributed by atoms with E-state index in [2.05, 4.69) is 29.3 Å². The van der Waals surface area contributed by atoms with Crippen LogP contribution in [0.4, 0.5) is 13.2 Å². The second-order valence-electron chi connectivity index (χ2n) is 13.2. The fourth-order valence-corrected chi connectivity index (χ4v) is 7.30. The molecule has 1 N–H and O–H groups in total. The summed E-state index contributed by atoms with van der Waals surface area (Å²) in [5.41, 5.74) is 1.85. The second-order valence-corrected chi connectivity index (χ2v) is 13.2. The van der Waals surface area contributed by atoms with Gasteiger partial charge >= 0.3 is 12.1 Å². The molecule has 252 valence electrons. The number of ether oxygens (including phenoxy) is 1. The largest absolute Gasteiger partial charge is 0.462 e. The van der Waals surface area contributed by atoms with Gasteiger partial charge in [-0.25, -0.2) is 0 Å². The predicted octanol–water partition coefficient (Wildman–Crippen LogP) is 8.96. The molecule has 8 heteroatoms. The van der Waals surface area contributed by atoms with Gasteiger partial charge in [-0.1, -0.05) is 74.0 Å². The van der Waals surface area contributed by atoms with Gasteiger partial charge in [0, 0.05) is 30.1 Å². The summed E-state index contributed by atoms with van der Waals surface area (Å²) in [6.07, 6.45) is 5.81. The summed E-state index contributed by atoms with van der Waals surface area (Å²) >= 11 is 0. The van der Waals surface area contributed by atoms with E-state index in [4.69, 9.17) is 4.74 Å². The van der Waals surface area contributed by atoms with Gasteiger partial charge < -0.3 is 15.0 Å². The van der Waals surface area contributed by atoms with Crippen molar-refractivity contribution >= 4 is 11.9 Å². The van der Waals surface area contributed by atoms with Crippen LogP contribution in [0.1, 0.15) is 99.0 Å². The monoisotopic (exact) mass is 648 g/mol. The Morgan fingerprint density at radius 2 is 1.49 bits per heavy atom. The number of likely N-dealkylation sites (tertiary alicyclic amines) is 1. The molecule has 1 saturated heterocycles. The smallest absolute Gasteiger partial charge is 0.416 e. The van der Waals surface area contributed by atoms with E-state index in [1.807, 2.05) is 18.2 Å². The van der Waals surface area contributed by atoms with Crippen molar-refractivity contribution in [3.8, 4) is 11.1 Å². The van der Waals surface area contributed by atoms with Crippen molar-refractivity contribution in [3.63, 3.8) is 0 Å². The number of carbonyl (C=O) groups excluding carboxylic acids is 2. The Hall–Kier alpha value is -3.65. The normalized spacial score (nSPS) is 18.0. The summed E-state index contributed by atoms with van der Waals surface area (Å²) in [6, 6.07) is 22.4. The van der Waals surface area contributed by atoms with Gasteiger partial charge in [-0.3, -0.25) is 9.59 Å². The molecule has 1 heterocycles. The van der Waals surface area contributed by atoms with Crippen molar-refractivity contribution < 1.29 is 27.5 Å². The molecule has 0 spiro atoms. The highest BCUT2D eigenvalue weighted by Crippen LogP contribution is 2.38. The number of nitrogens with zero attached hydrogens (tertiary/aromatic N) is 1. The Balaban J connectivity index is 1.14. The zero-order valence-electron chi connectivity index (χ0n) is 27.4. The van der Waals surface area contributed by atoms with Crippen LogP contribution in [0, 0.1) is 0 Å². The van der Waals surface area contributed by atoms with Crippen LogP contribution in [0.3, 0.4) is 0 Å². The summed E-state index contributed by atoms with van der Waals surface area (Å²) in [7, 11) is 0. The Labute approximate surface area is 276 Å². The van der Waals surface area contributed by atoms with Crippen molar-refractivity contribution in [1.82, 2.24) is 10.2 Å². The third-order valence-corrected chi connectivity index (χ3v) is 10.1. The third-order valence-electron chi connectivity index (χ3n) is 10.1. The number of rotatable bonds is 12. The Bertz CT molecular complexity index is 1450. The molecule has 5 nitrogen and oxygen atoms in total. The fourth-order valence-electron chi connectivity index (χ4n) is 7.30. The number of amides is 1. The number of esters is 1. The number of hydrogen-bond donors (Lipinski definition) is 1. The van der Waals surface area contributed by atoms with E-state index in [0.717, 1.165) is 89.6 Å². The van der Waals surface area contributed by atoms with Crippen LogP contribution in [0.25, 0.3) is 11.1 Å². The first kappa shape index (κ1) is 34.7. The number of halogens is 3. The molecule has 0 radical (unpaired) electrons. The first-order valence-electron chi connectivity index (χ1n) is 17.2. The standard InChI is InChI=1S/C39H47F3N2O3/c1-2-38(30-12-5-3-6-13-30,28-36(45)47-33-14-7-4-8-15-33)24-11-25-44-26-22-32(23-27-44)43-37(46)35-17-10-9-16-34(35)29-18-20-31(21-19-29)39(40,41)42/h3,5-6,9-10,12-13,16-21,32-33H,2,4,7-8,11,14-15,22-28H2,1H3,(H,43,46). The van der Waals surface area contributed by atoms with Crippen molar-refractivity contribution in [1.29, 1.82) is 0 Å². The molecule has 1 saturated carbocycles. The number of nitrogens with one attached hydrogen (secondary N) is 1. The van der Waals surface area contributed by atoms with Gasteiger partial charge in [0.1, 0.15) is 6.10 Å². The average molecular weight is 649 g/mol. The minimum absolute atomic E-state index is 0.0213. The molecule has 3 aromatic rings. The number of carbonyl (C=O) groups is 2. The van der Waals surface area contributed by atoms with Crippen LogP contribution in [0.5, 0.6) is 0 Å². The van der Waals surface area contributed by atoms with Gasteiger partial charge in [-0.15, -0.1) is 0 Å². The molecule has 2 aliphatic rings. The number of benzene rings is 3. The zero-order valence-corrected chi connectivity index (χ0v) is 27.4. The highest BCUT2D eigenvalue weighted by Gasteiger charge is 2.35. The highest BCUT2D eigenvalue weighted by molar-refractivity contribution is 6.01. The van der Waals surface area contributed by atoms with Crippen LogP contribution in [-0.4, -0.2) is 48.6 Å². The molecule has 1 amide bonds. The SMILES string of the molecule is CCC(CCCN1CCC(NC(=O)c2ccccc2-c2ccc(C(F)(F)F)cc2)CC1)(CC(=O)OC1CCCCC1)c1ccccc1. The minimum Gasteiger partial charge on any atom is -0.462 e. The predicted molar refractivity (Wildman–Crippen MR) is 179 cm³/mol. The van der Waals surface area contributed by atoms with Crippen molar-refractivity contribution in [2.24, 2.45) is 0 Å². The van der Waals surface area contributed by atoms with E-state index in [-0.39, 0.29) is 29.4 Å². The van der Waals surface area contributed by atoms with Crippen molar-refractivity contribution in [2.45, 2.75) is 101 Å². The van der Waals surface area contributed by atoms with Gasteiger partial charge in [0.2, 0.25) is 0 Å². The summed E-state index contributed by atoms with van der Waals surface area (Å²) in [5, 5.41) is 3.17. The van der Waals surface area contributed by atoms with Gasteiger partial charge in [0.15, 0.2) is 0 Å². The van der Waals surface area contributed by atoms with Crippen LogP contribution in [0.15, 0.2) is 78.9 Å². The first-order valence-corrected chi connectivity index (χ1v) is 17.2. The van der Waals surface area contributed by atoms with Crippen LogP contribution in [-0.2, 0) is 21.1 Å². The molecule has 0 bridgehead atoms. The van der Waals surface area contributed by atoms with E-state index in [1.165, 1.54) is 24.1 Å². The van der Waals surface area contributed by atoms with Gasteiger partial charge in [-0.2, -0.15) is 13.2 Å². The zero-order chi connectivity index (χ0) is 33.3.